The molecule has 1 amide bonds. The monoisotopic (exact) mass is 379 g/mol. The van der Waals surface area contributed by atoms with E-state index in [2.05, 4.69) is 9.88 Å². The molecule has 1 fully saturated rings. The molecule has 1 aliphatic heterocycles. The van der Waals surface area contributed by atoms with Crippen LogP contribution in [0, 0.1) is 5.82 Å². The molecule has 4 rings (SSSR count). The Kier molecular flexibility index (Phi) is 5.37. The van der Waals surface area contributed by atoms with Gasteiger partial charge in [0.05, 0.1) is 12.2 Å². The minimum atomic E-state index is -0.395. The fraction of sp³-hybridized carbons (Fsp3) is 0.273. The average Bonchev–Trinajstić information content (AvgIpc) is 3.26. The first-order valence-electron chi connectivity index (χ1n) is 9.43. The number of rotatable bonds is 5. The molecular weight excluding hydrogens is 357 g/mol. The van der Waals surface area contributed by atoms with E-state index in [1.807, 2.05) is 35.2 Å². The summed E-state index contributed by atoms with van der Waals surface area (Å²) in [6.07, 6.45) is 3.84. The van der Waals surface area contributed by atoms with Crippen molar-refractivity contribution in [2.24, 2.45) is 0 Å². The molecule has 0 spiro atoms. The van der Waals surface area contributed by atoms with Crippen molar-refractivity contribution in [2.75, 3.05) is 31.1 Å². The maximum Gasteiger partial charge on any atom is 0.230 e. The van der Waals surface area contributed by atoms with E-state index in [1.54, 1.807) is 24.6 Å². The number of anilines is 1. The molecule has 1 aliphatic rings. The quantitative estimate of drug-likeness (QED) is 0.681. The molecule has 5 nitrogen and oxygen atoms in total. The first-order chi connectivity index (χ1) is 13.7. The number of hydrogen-bond acceptors (Lipinski definition) is 4. The third kappa shape index (κ3) is 4.06. The van der Waals surface area contributed by atoms with Crippen LogP contribution in [0.2, 0.25) is 0 Å². The Hall–Kier alpha value is -3.15. The predicted molar refractivity (Wildman–Crippen MR) is 105 cm³/mol. The summed E-state index contributed by atoms with van der Waals surface area (Å²) in [5.41, 5.74) is 0.801. The molecular formula is C22H22FN3O2. The van der Waals surface area contributed by atoms with E-state index in [0.29, 0.717) is 19.5 Å². The van der Waals surface area contributed by atoms with E-state index in [9.17, 15) is 9.18 Å². The summed E-state index contributed by atoms with van der Waals surface area (Å²) in [5.74, 6) is 1.02. The molecule has 144 valence electrons. The van der Waals surface area contributed by atoms with E-state index in [1.165, 1.54) is 12.1 Å². The van der Waals surface area contributed by atoms with Crippen LogP contribution >= 0.6 is 0 Å². The van der Waals surface area contributed by atoms with Crippen LogP contribution in [0.4, 0.5) is 10.2 Å². The fourth-order valence-corrected chi connectivity index (χ4v) is 3.59. The number of benzene rings is 1. The van der Waals surface area contributed by atoms with Crippen LogP contribution in [0.5, 0.6) is 0 Å². The van der Waals surface area contributed by atoms with Crippen molar-refractivity contribution in [1.29, 1.82) is 0 Å². The molecule has 6 heteroatoms. The van der Waals surface area contributed by atoms with Gasteiger partial charge >= 0.3 is 0 Å². The normalized spacial score (nSPS) is 15.5. The molecule has 3 heterocycles. The lowest BCUT2D eigenvalue weighted by Gasteiger charge is -2.37. The van der Waals surface area contributed by atoms with Gasteiger partial charge in [0.25, 0.3) is 0 Å². The Balaban J connectivity index is 1.48. The van der Waals surface area contributed by atoms with Crippen LogP contribution in [0.15, 0.2) is 71.5 Å². The van der Waals surface area contributed by atoms with Gasteiger partial charge in [-0.2, -0.15) is 0 Å². The second-order valence-corrected chi connectivity index (χ2v) is 6.89. The highest BCUT2D eigenvalue weighted by atomic mass is 19.1. The van der Waals surface area contributed by atoms with Crippen molar-refractivity contribution in [3.63, 3.8) is 0 Å². The van der Waals surface area contributed by atoms with Crippen molar-refractivity contribution < 1.29 is 13.6 Å². The summed E-state index contributed by atoms with van der Waals surface area (Å²) in [7, 11) is 0. The van der Waals surface area contributed by atoms with Gasteiger partial charge in [-0.1, -0.05) is 18.2 Å². The lowest BCUT2D eigenvalue weighted by atomic mass is 9.92. The van der Waals surface area contributed by atoms with Crippen molar-refractivity contribution >= 4 is 11.7 Å². The van der Waals surface area contributed by atoms with Gasteiger partial charge in [0.1, 0.15) is 17.4 Å². The Morgan fingerprint density at radius 3 is 2.46 bits per heavy atom. The lowest BCUT2D eigenvalue weighted by Crippen LogP contribution is -2.50. The molecule has 1 saturated heterocycles. The molecule has 2 aromatic heterocycles. The van der Waals surface area contributed by atoms with E-state index in [-0.39, 0.29) is 11.7 Å². The smallest absolute Gasteiger partial charge is 0.230 e. The summed E-state index contributed by atoms with van der Waals surface area (Å²) >= 11 is 0. The Morgan fingerprint density at radius 1 is 1.04 bits per heavy atom. The van der Waals surface area contributed by atoms with Crippen molar-refractivity contribution in [2.45, 2.75) is 12.3 Å². The zero-order valence-corrected chi connectivity index (χ0v) is 15.5. The number of amides is 1. The maximum atomic E-state index is 13.4. The molecule has 1 atom stereocenters. The molecule has 28 heavy (non-hydrogen) atoms. The number of furan rings is 1. The number of nitrogens with zero attached hydrogens (tertiary/aromatic N) is 3. The lowest BCUT2D eigenvalue weighted by molar-refractivity contribution is -0.133. The number of carbonyl (C=O) groups excluding carboxylic acids is 1. The number of aromatic nitrogens is 1. The molecule has 1 aromatic carbocycles. The minimum absolute atomic E-state index is 0.0451. The van der Waals surface area contributed by atoms with Gasteiger partial charge in [0.2, 0.25) is 5.91 Å². The number of piperazine rings is 1. The number of pyridine rings is 1. The molecule has 0 radical (unpaired) electrons. The first kappa shape index (κ1) is 18.2. The molecule has 1 unspecified atom stereocenters. The van der Waals surface area contributed by atoms with Gasteiger partial charge in [0, 0.05) is 38.8 Å². The van der Waals surface area contributed by atoms with Gasteiger partial charge in [-0.25, -0.2) is 9.37 Å². The van der Waals surface area contributed by atoms with Gasteiger partial charge in [-0.15, -0.1) is 0 Å². The molecule has 0 saturated carbocycles. The highest BCUT2D eigenvalue weighted by molar-refractivity contribution is 5.84. The van der Waals surface area contributed by atoms with Gasteiger partial charge in [-0.05, 0) is 42.0 Å². The molecule has 0 aliphatic carbocycles. The van der Waals surface area contributed by atoms with Crippen LogP contribution in [-0.4, -0.2) is 42.0 Å². The van der Waals surface area contributed by atoms with Crippen LogP contribution in [0.25, 0.3) is 0 Å². The second kappa shape index (κ2) is 8.25. The zero-order valence-electron chi connectivity index (χ0n) is 15.5. The fourth-order valence-electron chi connectivity index (χ4n) is 3.59. The average molecular weight is 379 g/mol. The molecule has 0 N–H and O–H groups in total. The van der Waals surface area contributed by atoms with Gasteiger partial charge in [-0.3, -0.25) is 4.79 Å². The van der Waals surface area contributed by atoms with Crippen LogP contribution in [-0.2, 0) is 11.2 Å². The van der Waals surface area contributed by atoms with Gasteiger partial charge < -0.3 is 14.2 Å². The highest BCUT2D eigenvalue weighted by Gasteiger charge is 2.29. The molecule has 3 aromatic rings. The Morgan fingerprint density at radius 2 is 1.82 bits per heavy atom. The number of hydrogen-bond donors (Lipinski definition) is 0. The SMILES string of the molecule is O=C(C(Cc1ccco1)c1ccc(F)cc1)N1CCN(c2ccccn2)CC1. The van der Waals surface area contributed by atoms with Crippen LogP contribution in [0.3, 0.4) is 0 Å². The predicted octanol–water partition coefficient (Wildman–Crippen LogP) is 3.49. The Labute approximate surface area is 163 Å². The number of halogens is 1. The third-order valence-electron chi connectivity index (χ3n) is 5.12. The standard InChI is InChI=1S/C22H22FN3O2/c23-18-8-6-17(7-9-18)20(16-19-4-3-15-28-19)22(27)26-13-11-25(12-14-26)21-5-1-2-10-24-21/h1-10,15,20H,11-14,16H2. The van der Waals surface area contributed by atoms with E-state index in [4.69, 9.17) is 4.42 Å². The molecule has 0 bridgehead atoms. The van der Waals surface area contributed by atoms with Crippen LogP contribution in [0.1, 0.15) is 17.2 Å². The summed E-state index contributed by atoms with van der Waals surface area (Å²) in [6, 6.07) is 15.7. The second-order valence-electron chi connectivity index (χ2n) is 6.89. The minimum Gasteiger partial charge on any atom is -0.469 e. The van der Waals surface area contributed by atoms with E-state index >= 15 is 0 Å². The highest BCUT2D eigenvalue weighted by Crippen LogP contribution is 2.25. The van der Waals surface area contributed by atoms with E-state index in [0.717, 1.165) is 30.2 Å². The third-order valence-corrected chi connectivity index (χ3v) is 5.12. The topological polar surface area (TPSA) is 49.6 Å². The van der Waals surface area contributed by atoms with Crippen molar-refractivity contribution in [3.8, 4) is 0 Å². The summed E-state index contributed by atoms with van der Waals surface area (Å²) < 4.78 is 18.8. The summed E-state index contributed by atoms with van der Waals surface area (Å²) in [5, 5.41) is 0. The van der Waals surface area contributed by atoms with Crippen molar-refractivity contribution in [1.82, 2.24) is 9.88 Å². The summed E-state index contributed by atoms with van der Waals surface area (Å²) in [4.78, 5) is 21.8. The zero-order chi connectivity index (χ0) is 19.3. The number of carbonyl (C=O) groups is 1. The maximum absolute atomic E-state index is 13.4. The van der Waals surface area contributed by atoms with Crippen molar-refractivity contribution in [3.05, 3.63) is 84.2 Å². The Bertz CT molecular complexity index is 889. The van der Waals surface area contributed by atoms with Gasteiger partial charge in [0.15, 0.2) is 0 Å². The first-order valence-corrected chi connectivity index (χ1v) is 9.43. The van der Waals surface area contributed by atoms with E-state index < -0.39 is 5.92 Å². The summed E-state index contributed by atoms with van der Waals surface area (Å²) in [6.45, 7) is 2.73. The largest absolute Gasteiger partial charge is 0.469 e. The van der Waals surface area contributed by atoms with Crippen LogP contribution < -0.4 is 4.90 Å².